The Kier molecular flexibility index (Phi) is 5.32. The van der Waals surface area contributed by atoms with E-state index >= 15 is 0 Å². The van der Waals surface area contributed by atoms with Gasteiger partial charge in [-0.2, -0.15) is 0 Å². The summed E-state index contributed by atoms with van der Waals surface area (Å²) in [6, 6.07) is 20.6. The van der Waals surface area contributed by atoms with Gasteiger partial charge in [0.25, 0.3) is 5.91 Å². The van der Waals surface area contributed by atoms with Crippen LogP contribution in [0.3, 0.4) is 0 Å². The maximum Gasteiger partial charge on any atom is 0.257 e. The molecule has 3 heterocycles. The summed E-state index contributed by atoms with van der Waals surface area (Å²) < 4.78 is 13.2. The normalized spacial score (nSPS) is 11.0. The quantitative estimate of drug-likeness (QED) is 0.421. The predicted molar refractivity (Wildman–Crippen MR) is 125 cm³/mol. The van der Waals surface area contributed by atoms with Crippen LogP contribution in [0.25, 0.3) is 16.6 Å². The zero-order valence-electron chi connectivity index (χ0n) is 18.1. The molecule has 5 rings (SSSR count). The molecule has 0 radical (unpaired) electrons. The fourth-order valence-electron chi connectivity index (χ4n) is 3.55. The SMILES string of the molecule is COc1ccc(NC(=O)c2ccc3nnc(C)n3c2)cc1OCc1ccc2ccccc2n1. The lowest BCUT2D eigenvalue weighted by molar-refractivity contribution is 0.102. The number of ether oxygens (including phenoxy) is 2. The number of pyridine rings is 2. The van der Waals surface area contributed by atoms with E-state index in [4.69, 9.17) is 9.47 Å². The van der Waals surface area contributed by atoms with E-state index in [2.05, 4.69) is 20.5 Å². The highest BCUT2D eigenvalue weighted by molar-refractivity contribution is 6.04. The molecule has 0 bridgehead atoms. The number of amides is 1. The molecule has 0 fully saturated rings. The monoisotopic (exact) mass is 439 g/mol. The number of fused-ring (bicyclic) bond motifs is 2. The number of para-hydroxylation sites is 1. The van der Waals surface area contributed by atoms with Gasteiger partial charge in [0.05, 0.1) is 23.9 Å². The van der Waals surface area contributed by atoms with Crippen LogP contribution in [0.2, 0.25) is 0 Å². The zero-order valence-corrected chi connectivity index (χ0v) is 18.1. The van der Waals surface area contributed by atoms with Crippen molar-refractivity contribution in [2.45, 2.75) is 13.5 Å². The molecule has 3 aromatic heterocycles. The molecule has 0 aliphatic heterocycles. The number of nitrogens with zero attached hydrogens (tertiary/aromatic N) is 4. The number of carbonyl (C=O) groups excluding carboxylic acids is 1. The molecule has 8 heteroatoms. The van der Waals surface area contributed by atoms with Crippen molar-refractivity contribution in [2.24, 2.45) is 0 Å². The van der Waals surface area contributed by atoms with Crippen LogP contribution in [0.1, 0.15) is 21.9 Å². The van der Waals surface area contributed by atoms with Crippen LogP contribution in [0.5, 0.6) is 11.5 Å². The van der Waals surface area contributed by atoms with Crippen molar-refractivity contribution in [3.63, 3.8) is 0 Å². The van der Waals surface area contributed by atoms with Crippen molar-refractivity contribution in [1.82, 2.24) is 19.6 Å². The molecule has 33 heavy (non-hydrogen) atoms. The largest absolute Gasteiger partial charge is 0.493 e. The summed E-state index contributed by atoms with van der Waals surface area (Å²) in [5.74, 6) is 1.53. The third-order valence-electron chi connectivity index (χ3n) is 5.29. The van der Waals surface area contributed by atoms with E-state index in [0.717, 1.165) is 16.6 Å². The van der Waals surface area contributed by atoms with Gasteiger partial charge in [-0.3, -0.25) is 9.20 Å². The molecule has 0 spiro atoms. The fourth-order valence-corrected chi connectivity index (χ4v) is 3.55. The molecule has 2 aromatic carbocycles. The number of anilines is 1. The van der Waals surface area contributed by atoms with E-state index in [0.29, 0.717) is 34.2 Å². The number of methoxy groups -OCH3 is 1. The highest BCUT2D eigenvalue weighted by atomic mass is 16.5. The summed E-state index contributed by atoms with van der Waals surface area (Å²) in [7, 11) is 1.57. The highest BCUT2D eigenvalue weighted by Gasteiger charge is 2.12. The van der Waals surface area contributed by atoms with Crippen molar-refractivity contribution >= 4 is 28.1 Å². The third-order valence-corrected chi connectivity index (χ3v) is 5.29. The molecule has 1 N–H and O–H groups in total. The van der Waals surface area contributed by atoms with Crippen molar-refractivity contribution < 1.29 is 14.3 Å². The molecule has 0 aliphatic carbocycles. The van der Waals surface area contributed by atoms with Gasteiger partial charge in [0.15, 0.2) is 17.1 Å². The number of hydrogen-bond donors (Lipinski definition) is 1. The molecule has 0 atom stereocenters. The summed E-state index contributed by atoms with van der Waals surface area (Å²) in [5.41, 5.74) is 3.47. The third kappa shape index (κ3) is 4.18. The van der Waals surface area contributed by atoms with Gasteiger partial charge in [-0.1, -0.05) is 24.3 Å². The Labute approximate surface area is 189 Å². The molecule has 5 aromatic rings. The van der Waals surface area contributed by atoms with Crippen molar-refractivity contribution in [3.8, 4) is 11.5 Å². The Balaban J connectivity index is 1.34. The van der Waals surface area contributed by atoms with Gasteiger partial charge in [-0.05, 0) is 43.3 Å². The average molecular weight is 439 g/mol. The molecular weight excluding hydrogens is 418 g/mol. The lowest BCUT2D eigenvalue weighted by atomic mass is 10.2. The van der Waals surface area contributed by atoms with Gasteiger partial charge in [0.1, 0.15) is 12.4 Å². The average Bonchev–Trinajstić information content (AvgIpc) is 3.22. The molecule has 164 valence electrons. The lowest BCUT2D eigenvalue weighted by Gasteiger charge is -2.13. The van der Waals surface area contributed by atoms with Gasteiger partial charge in [-0.15, -0.1) is 10.2 Å². The zero-order chi connectivity index (χ0) is 22.8. The van der Waals surface area contributed by atoms with Crippen LogP contribution in [-0.2, 0) is 6.61 Å². The van der Waals surface area contributed by atoms with Crippen LogP contribution in [0.15, 0.2) is 72.9 Å². The van der Waals surface area contributed by atoms with E-state index in [1.54, 1.807) is 48.0 Å². The Morgan fingerprint density at radius 1 is 1.00 bits per heavy atom. The van der Waals surface area contributed by atoms with Crippen LogP contribution in [0, 0.1) is 6.92 Å². The molecular formula is C25H21N5O3. The molecule has 0 saturated carbocycles. The Bertz CT molecular complexity index is 1480. The Hall–Kier alpha value is -4.46. The van der Waals surface area contributed by atoms with E-state index in [1.165, 1.54) is 0 Å². The van der Waals surface area contributed by atoms with Gasteiger partial charge >= 0.3 is 0 Å². The Morgan fingerprint density at radius 2 is 1.88 bits per heavy atom. The minimum atomic E-state index is -0.252. The standard InChI is InChI=1S/C25H21N5O3/c1-16-28-29-24-12-8-18(14-30(16)24)25(31)27-19-10-11-22(32-2)23(13-19)33-15-20-9-7-17-5-3-4-6-21(17)26-20/h3-14H,15H2,1-2H3,(H,27,31). The number of carbonyl (C=O) groups is 1. The molecule has 8 nitrogen and oxygen atoms in total. The molecule has 0 saturated heterocycles. The fraction of sp³-hybridized carbons (Fsp3) is 0.120. The van der Waals surface area contributed by atoms with Crippen LogP contribution in [0.4, 0.5) is 5.69 Å². The number of aromatic nitrogens is 4. The van der Waals surface area contributed by atoms with E-state index < -0.39 is 0 Å². The minimum Gasteiger partial charge on any atom is -0.493 e. The maximum atomic E-state index is 12.8. The van der Waals surface area contributed by atoms with Crippen LogP contribution >= 0.6 is 0 Å². The number of hydrogen-bond acceptors (Lipinski definition) is 6. The second-order valence-corrected chi connectivity index (χ2v) is 7.50. The molecule has 1 amide bonds. The van der Waals surface area contributed by atoms with E-state index in [1.807, 2.05) is 43.3 Å². The predicted octanol–water partition coefficient (Wildman–Crippen LogP) is 4.43. The number of rotatable bonds is 6. The van der Waals surface area contributed by atoms with Crippen molar-refractivity contribution in [1.29, 1.82) is 0 Å². The second-order valence-electron chi connectivity index (χ2n) is 7.50. The topological polar surface area (TPSA) is 90.6 Å². The Morgan fingerprint density at radius 3 is 2.76 bits per heavy atom. The maximum absolute atomic E-state index is 12.8. The number of nitrogens with one attached hydrogen (secondary N) is 1. The van der Waals surface area contributed by atoms with Gasteiger partial charge in [0.2, 0.25) is 0 Å². The van der Waals surface area contributed by atoms with E-state index in [-0.39, 0.29) is 12.5 Å². The van der Waals surface area contributed by atoms with Gasteiger partial charge in [0, 0.05) is 23.3 Å². The second kappa shape index (κ2) is 8.58. The first-order valence-electron chi connectivity index (χ1n) is 10.4. The number of aryl methyl sites for hydroxylation is 1. The summed E-state index contributed by atoms with van der Waals surface area (Å²) in [5, 5.41) is 12.0. The van der Waals surface area contributed by atoms with Gasteiger partial charge < -0.3 is 14.8 Å². The molecule has 0 aliphatic rings. The smallest absolute Gasteiger partial charge is 0.257 e. The van der Waals surface area contributed by atoms with Crippen molar-refractivity contribution in [2.75, 3.05) is 12.4 Å². The molecule has 0 unspecified atom stereocenters. The van der Waals surface area contributed by atoms with Crippen LogP contribution in [-0.4, -0.2) is 32.6 Å². The summed E-state index contributed by atoms with van der Waals surface area (Å²) in [4.78, 5) is 17.4. The highest BCUT2D eigenvalue weighted by Crippen LogP contribution is 2.31. The summed E-state index contributed by atoms with van der Waals surface area (Å²) >= 11 is 0. The number of benzene rings is 2. The first kappa shape index (κ1) is 20.4. The first-order chi connectivity index (χ1) is 16.1. The van der Waals surface area contributed by atoms with Crippen molar-refractivity contribution in [3.05, 3.63) is 90.0 Å². The van der Waals surface area contributed by atoms with E-state index in [9.17, 15) is 4.79 Å². The lowest BCUT2D eigenvalue weighted by Crippen LogP contribution is -2.13. The summed E-state index contributed by atoms with van der Waals surface area (Å²) in [6.45, 7) is 2.10. The minimum absolute atomic E-state index is 0.252. The van der Waals surface area contributed by atoms with Crippen LogP contribution < -0.4 is 14.8 Å². The first-order valence-corrected chi connectivity index (χ1v) is 10.4. The van der Waals surface area contributed by atoms with Gasteiger partial charge in [-0.25, -0.2) is 4.98 Å². The summed E-state index contributed by atoms with van der Waals surface area (Å²) in [6.07, 6.45) is 1.71.